The molecular formula is C18H23NO5. The minimum absolute atomic E-state index is 0.103. The summed E-state index contributed by atoms with van der Waals surface area (Å²) >= 11 is 0. The molecule has 2 fully saturated rings. The number of ether oxygens (including phenoxy) is 3. The van der Waals surface area contributed by atoms with Crippen molar-refractivity contribution >= 4 is 5.91 Å². The second-order valence-corrected chi connectivity index (χ2v) is 6.06. The third kappa shape index (κ3) is 3.84. The van der Waals surface area contributed by atoms with E-state index in [-0.39, 0.29) is 43.0 Å². The summed E-state index contributed by atoms with van der Waals surface area (Å²) in [5.41, 5.74) is 1.06. The van der Waals surface area contributed by atoms with Crippen molar-refractivity contribution in [2.75, 3.05) is 13.2 Å². The SMILES string of the molecule is C=CC(=O)NCC1CC2OC(CO)C(OCc3ccccc3)C2O1. The van der Waals surface area contributed by atoms with Gasteiger partial charge in [-0.05, 0) is 11.6 Å². The number of aliphatic hydroxyl groups excluding tert-OH is 1. The van der Waals surface area contributed by atoms with E-state index < -0.39 is 0 Å². The first kappa shape index (κ1) is 17.1. The highest BCUT2D eigenvalue weighted by atomic mass is 16.6. The monoisotopic (exact) mass is 333 g/mol. The zero-order valence-electron chi connectivity index (χ0n) is 13.5. The molecule has 1 amide bonds. The van der Waals surface area contributed by atoms with Crippen LogP contribution in [0.2, 0.25) is 0 Å². The number of aliphatic hydroxyl groups is 1. The molecule has 3 rings (SSSR count). The second kappa shape index (κ2) is 7.90. The molecule has 0 aliphatic carbocycles. The zero-order chi connectivity index (χ0) is 16.9. The van der Waals surface area contributed by atoms with Crippen LogP contribution in [0.4, 0.5) is 0 Å². The van der Waals surface area contributed by atoms with E-state index in [1.807, 2.05) is 30.3 Å². The van der Waals surface area contributed by atoms with Crippen LogP contribution in [-0.2, 0) is 25.6 Å². The molecule has 2 aliphatic heterocycles. The van der Waals surface area contributed by atoms with E-state index in [9.17, 15) is 9.90 Å². The predicted molar refractivity (Wildman–Crippen MR) is 87.3 cm³/mol. The lowest BCUT2D eigenvalue weighted by atomic mass is 10.1. The maximum absolute atomic E-state index is 11.3. The number of hydrogen-bond donors (Lipinski definition) is 2. The number of rotatable bonds is 7. The van der Waals surface area contributed by atoms with Gasteiger partial charge in [-0.15, -0.1) is 0 Å². The number of fused-ring (bicyclic) bond motifs is 1. The lowest BCUT2D eigenvalue weighted by Crippen LogP contribution is -2.38. The maximum Gasteiger partial charge on any atom is 0.243 e. The molecule has 5 atom stereocenters. The lowest BCUT2D eigenvalue weighted by Gasteiger charge is -2.23. The van der Waals surface area contributed by atoms with Crippen LogP contribution in [0.3, 0.4) is 0 Å². The lowest BCUT2D eigenvalue weighted by molar-refractivity contribution is -0.118. The van der Waals surface area contributed by atoms with Crippen LogP contribution in [0.5, 0.6) is 0 Å². The third-order valence-electron chi connectivity index (χ3n) is 4.41. The van der Waals surface area contributed by atoms with E-state index in [1.165, 1.54) is 6.08 Å². The summed E-state index contributed by atoms with van der Waals surface area (Å²) in [4.78, 5) is 11.3. The topological polar surface area (TPSA) is 77.0 Å². The Morgan fingerprint density at radius 2 is 2.17 bits per heavy atom. The largest absolute Gasteiger partial charge is 0.394 e. The van der Waals surface area contributed by atoms with Crippen LogP contribution in [-0.4, -0.2) is 54.7 Å². The summed E-state index contributed by atoms with van der Waals surface area (Å²) in [6.45, 7) is 4.17. The van der Waals surface area contributed by atoms with Crippen molar-refractivity contribution in [1.82, 2.24) is 5.32 Å². The van der Waals surface area contributed by atoms with Gasteiger partial charge in [-0.1, -0.05) is 36.9 Å². The Morgan fingerprint density at radius 1 is 1.38 bits per heavy atom. The second-order valence-electron chi connectivity index (χ2n) is 6.06. The average molecular weight is 333 g/mol. The number of nitrogens with one attached hydrogen (secondary N) is 1. The first-order chi connectivity index (χ1) is 11.7. The van der Waals surface area contributed by atoms with Gasteiger partial charge in [0.1, 0.15) is 18.3 Å². The molecule has 6 heteroatoms. The van der Waals surface area contributed by atoms with Gasteiger partial charge >= 0.3 is 0 Å². The Labute approximate surface area is 141 Å². The van der Waals surface area contributed by atoms with Gasteiger partial charge in [0.05, 0.1) is 25.4 Å². The minimum atomic E-state index is -0.382. The zero-order valence-corrected chi connectivity index (χ0v) is 13.5. The van der Waals surface area contributed by atoms with Crippen molar-refractivity contribution < 1.29 is 24.1 Å². The molecule has 130 valence electrons. The van der Waals surface area contributed by atoms with Gasteiger partial charge < -0.3 is 24.6 Å². The molecule has 2 N–H and O–H groups in total. The van der Waals surface area contributed by atoms with E-state index >= 15 is 0 Å². The third-order valence-corrected chi connectivity index (χ3v) is 4.41. The molecule has 0 bridgehead atoms. The van der Waals surface area contributed by atoms with Crippen LogP contribution in [0, 0.1) is 0 Å². The number of benzene rings is 1. The molecule has 1 aromatic carbocycles. The summed E-state index contributed by atoms with van der Waals surface area (Å²) in [6, 6.07) is 9.85. The Kier molecular flexibility index (Phi) is 5.63. The van der Waals surface area contributed by atoms with Gasteiger partial charge in [0, 0.05) is 13.0 Å². The first-order valence-corrected chi connectivity index (χ1v) is 8.19. The molecule has 2 saturated heterocycles. The summed E-state index contributed by atoms with van der Waals surface area (Å²) < 4.78 is 17.9. The van der Waals surface area contributed by atoms with Gasteiger partial charge in [0.2, 0.25) is 5.91 Å². The van der Waals surface area contributed by atoms with Crippen LogP contribution >= 0.6 is 0 Å². The molecule has 0 saturated carbocycles. The number of carbonyl (C=O) groups excluding carboxylic acids is 1. The molecule has 1 aromatic rings. The molecule has 0 spiro atoms. The van der Waals surface area contributed by atoms with Crippen molar-refractivity contribution in [2.24, 2.45) is 0 Å². The summed E-state index contributed by atoms with van der Waals surface area (Å²) in [5, 5.41) is 12.3. The fraction of sp³-hybridized carbons (Fsp3) is 0.500. The quantitative estimate of drug-likeness (QED) is 0.722. The highest BCUT2D eigenvalue weighted by molar-refractivity contribution is 5.86. The van der Waals surface area contributed by atoms with Gasteiger partial charge in [0.25, 0.3) is 0 Å². The van der Waals surface area contributed by atoms with Gasteiger partial charge in [0.15, 0.2) is 0 Å². The number of hydrogen-bond acceptors (Lipinski definition) is 5. The van der Waals surface area contributed by atoms with Crippen molar-refractivity contribution in [1.29, 1.82) is 0 Å². The normalized spacial score (nSPS) is 31.6. The molecule has 6 nitrogen and oxygen atoms in total. The minimum Gasteiger partial charge on any atom is -0.394 e. The van der Waals surface area contributed by atoms with Crippen LogP contribution in [0.25, 0.3) is 0 Å². The van der Waals surface area contributed by atoms with E-state index in [2.05, 4.69) is 11.9 Å². The average Bonchev–Trinajstić information content (AvgIpc) is 3.15. The van der Waals surface area contributed by atoms with Gasteiger partial charge in [-0.25, -0.2) is 0 Å². The van der Waals surface area contributed by atoms with Crippen LogP contribution in [0.15, 0.2) is 43.0 Å². The van der Waals surface area contributed by atoms with Crippen molar-refractivity contribution in [3.05, 3.63) is 48.6 Å². The summed E-state index contributed by atoms with van der Waals surface area (Å²) in [5.74, 6) is -0.221. The van der Waals surface area contributed by atoms with Crippen LogP contribution in [0.1, 0.15) is 12.0 Å². The van der Waals surface area contributed by atoms with Crippen molar-refractivity contribution in [3.8, 4) is 0 Å². The highest BCUT2D eigenvalue weighted by Crippen LogP contribution is 2.36. The smallest absolute Gasteiger partial charge is 0.243 e. The molecule has 0 radical (unpaired) electrons. The van der Waals surface area contributed by atoms with E-state index in [1.54, 1.807) is 0 Å². The Hall–Kier alpha value is -1.73. The molecule has 2 aliphatic rings. The fourth-order valence-electron chi connectivity index (χ4n) is 3.23. The predicted octanol–water partition coefficient (Wildman–Crippen LogP) is 0.791. The maximum atomic E-state index is 11.3. The van der Waals surface area contributed by atoms with E-state index in [0.717, 1.165) is 5.56 Å². The van der Waals surface area contributed by atoms with Crippen LogP contribution < -0.4 is 5.32 Å². The highest BCUT2D eigenvalue weighted by Gasteiger charge is 2.51. The van der Waals surface area contributed by atoms with Crippen molar-refractivity contribution in [3.63, 3.8) is 0 Å². The number of carbonyl (C=O) groups is 1. The molecule has 5 unspecified atom stereocenters. The van der Waals surface area contributed by atoms with Crippen molar-refractivity contribution in [2.45, 2.75) is 43.5 Å². The standard InChI is InChI=1S/C18H23NO5/c1-2-16(21)19-9-13-8-14-18(23-13)17(15(10-20)24-14)22-11-12-6-4-3-5-7-12/h2-7,13-15,17-18,20H,1,8-11H2,(H,19,21). The Bertz CT molecular complexity index is 564. The molecular weight excluding hydrogens is 310 g/mol. The Morgan fingerprint density at radius 3 is 2.88 bits per heavy atom. The number of amides is 1. The first-order valence-electron chi connectivity index (χ1n) is 8.19. The molecule has 24 heavy (non-hydrogen) atoms. The molecule has 0 aromatic heterocycles. The van der Waals surface area contributed by atoms with Gasteiger partial charge in [-0.3, -0.25) is 4.79 Å². The Balaban J connectivity index is 1.56. The summed E-state index contributed by atoms with van der Waals surface area (Å²) in [7, 11) is 0. The molecule has 2 heterocycles. The fourth-order valence-corrected chi connectivity index (χ4v) is 3.23. The van der Waals surface area contributed by atoms with E-state index in [4.69, 9.17) is 14.2 Å². The van der Waals surface area contributed by atoms with E-state index in [0.29, 0.717) is 19.6 Å². The van der Waals surface area contributed by atoms with Gasteiger partial charge in [-0.2, -0.15) is 0 Å². The summed E-state index contributed by atoms with van der Waals surface area (Å²) in [6.07, 6.45) is 0.744.